The van der Waals surface area contributed by atoms with Gasteiger partial charge in [-0.2, -0.15) is 0 Å². The third-order valence-corrected chi connectivity index (χ3v) is 2.93. The van der Waals surface area contributed by atoms with Crippen LogP contribution in [0.25, 0.3) is 0 Å². The molecule has 0 aliphatic heterocycles. The van der Waals surface area contributed by atoms with Gasteiger partial charge in [0.1, 0.15) is 0 Å². The van der Waals surface area contributed by atoms with Gasteiger partial charge in [-0.05, 0) is 30.4 Å². The van der Waals surface area contributed by atoms with Crippen molar-refractivity contribution in [2.45, 2.75) is 33.1 Å². The SMILES string of the molecule is CCCCC(=O)c1sccc1C. The zero-order chi connectivity index (χ0) is 8.97. The first-order valence-corrected chi connectivity index (χ1v) is 5.21. The molecule has 12 heavy (non-hydrogen) atoms. The van der Waals surface area contributed by atoms with Crippen LogP contribution in [0.1, 0.15) is 41.4 Å². The molecule has 1 aromatic heterocycles. The lowest BCUT2D eigenvalue weighted by atomic mass is 10.1. The molecule has 0 atom stereocenters. The smallest absolute Gasteiger partial charge is 0.173 e. The Morgan fingerprint density at radius 3 is 2.83 bits per heavy atom. The van der Waals surface area contributed by atoms with Crippen molar-refractivity contribution in [1.82, 2.24) is 0 Å². The average molecular weight is 182 g/mol. The predicted molar refractivity (Wildman–Crippen MR) is 52.9 cm³/mol. The fraction of sp³-hybridized carbons (Fsp3) is 0.500. The van der Waals surface area contributed by atoms with Crippen LogP contribution in [-0.4, -0.2) is 5.78 Å². The average Bonchev–Trinajstić information content (AvgIpc) is 2.47. The highest BCUT2D eigenvalue weighted by Crippen LogP contribution is 2.18. The van der Waals surface area contributed by atoms with Gasteiger partial charge in [-0.3, -0.25) is 4.79 Å². The molecule has 0 N–H and O–H groups in total. The summed E-state index contributed by atoms with van der Waals surface area (Å²) in [5, 5.41) is 1.98. The number of rotatable bonds is 4. The number of aryl methyl sites for hydroxylation is 1. The third kappa shape index (κ3) is 2.18. The van der Waals surface area contributed by atoms with Gasteiger partial charge in [-0.1, -0.05) is 13.3 Å². The van der Waals surface area contributed by atoms with Crippen molar-refractivity contribution in [2.24, 2.45) is 0 Å². The van der Waals surface area contributed by atoms with Crippen LogP contribution in [0.5, 0.6) is 0 Å². The minimum Gasteiger partial charge on any atom is -0.293 e. The maximum Gasteiger partial charge on any atom is 0.173 e. The molecule has 1 nitrogen and oxygen atoms in total. The molecule has 2 heteroatoms. The molecule has 0 spiro atoms. The number of carbonyl (C=O) groups excluding carboxylic acids is 1. The monoisotopic (exact) mass is 182 g/mol. The first-order chi connectivity index (χ1) is 5.75. The number of ketones is 1. The summed E-state index contributed by atoms with van der Waals surface area (Å²) in [7, 11) is 0. The van der Waals surface area contributed by atoms with E-state index in [1.165, 1.54) is 0 Å². The van der Waals surface area contributed by atoms with E-state index in [0.717, 1.165) is 23.3 Å². The molecule has 0 radical (unpaired) electrons. The lowest BCUT2D eigenvalue weighted by Crippen LogP contribution is -1.96. The van der Waals surface area contributed by atoms with Crippen LogP contribution >= 0.6 is 11.3 Å². The lowest BCUT2D eigenvalue weighted by molar-refractivity contribution is 0.0983. The van der Waals surface area contributed by atoms with Crippen molar-refractivity contribution in [3.8, 4) is 0 Å². The molecule has 0 saturated carbocycles. The van der Waals surface area contributed by atoms with E-state index >= 15 is 0 Å². The lowest BCUT2D eigenvalue weighted by Gasteiger charge is -1.96. The summed E-state index contributed by atoms with van der Waals surface area (Å²) in [5.74, 6) is 0.310. The van der Waals surface area contributed by atoms with Gasteiger partial charge in [0.05, 0.1) is 4.88 Å². The van der Waals surface area contributed by atoms with Crippen LogP contribution < -0.4 is 0 Å². The number of thiophene rings is 1. The normalized spacial score (nSPS) is 10.2. The fourth-order valence-electron chi connectivity index (χ4n) is 1.11. The maximum absolute atomic E-state index is 11.5. The molecule has 0 bridgehead atoms. The molecule has 66 valence electrons. The highest BCUT2D eigenvalue weighted by atomic mass is 32.1. The molecule has 1 aromatic rings. The van der Waals surface area contributed by atoms with Gasteiger partial charge in [-0.15, -0.1) is 11.3 Å². The highest BCUT2D eigenvalue weighted by molar-refractivity contribution is 7.12. The van der Waals surface area contributed by atoms with E-state index in [1.54, 1.807) is 11.3 Å². The van der Waals surface area contributed by atoms with E-state index in [2.05, 4.69) is 6.92 Å². The molecule has 0 saturated heterocycles. The molecule has 1 rings (SSSR count). The summed E-state index contributed by atoms with van der Waals surface area (Å²) >= 11 is 1.56. The molecule has 0 aliphatic rings. The minimum absolute atomic E-state index is 0.310. The second kappa shape index (κ2) is 4.41. The third-order valence-electron chi connectivity index (χ3n) is 1.87. The van der Waals surface area contributed by atoms with E-state index in [-0.39, 0.29) is 0 Å². The fourth-order valence-corrected chi connectivity index (χ4v) is 2.00. The Morgan fingerprint density at radius 2 is 2.33 bits per heavy atom. The Kier molecular flexibility index (Phi) is 3.48. The molecular weight excluding hydrogens is 168 g/mol. The minimum atomic E-state index is 0.310. The molecule has 0 aromatic carbocycles. The van der Waals surface area contributed by atoms with Crippen molar-refractivity contribution < 1.29 is 4.79 Å². The molecule has 1 heterocycles. The Bertz CT molecular complexity index is 263. The number of hydrogen-bond acceptors (Lipinski definition) is 2. The molecular formula is C10H14OS. The molecule has 0 amide bonds. The summed E-state index contributed by atoms with van der Waals surface area (Å²) in [6.45, 7) is 4.10. The number of hydrogen-bond donors (Lipinski definition) is 0. The van der Waals surface area contributed by atoms with Gasteiger partial charge in [-0.25, -0.2) is 0 Å². The quantitative estimate of drug-likeness (QED) is 0.652. The highest BCUT2D eigenvalue weighted by Gasteiger charge is 2.08. The van der Waals surface area contributed by atoms with Crippen LogP contribution in [0, 0.1) is 6.92 Å². The Hall–Kier alpha value is -0.630. The zero-order valence-corrected chi connectivity index (χ0v) is 8.41. The zero-order valence-electron chi connectivity index (χ0n) is 7.59. The van der Waals surface area contributed by atoms with Gasteiger partial charge < -0.3 is 0 Å². The molecule has 0 aliphatic carbocycles. The molecule has 0 unspecified atom stereocenters. The predicted octanol–water partition coefficient (Wildman–Crippen LogP) is 3.43. The van der Waals surface area contributed by atoms with Gasteiger partial charge >= 0.3 is 0 Å². The number of carbonyl (C=O) groups is 1. The first kappa shape index (κ1) is 9.46. The summed E-state index contributed by atoms with van der Waals surface area (Å²) in [6, 6.07) is 2.00. The molecule has 0 fully saturated rings. The summed E-state index contributed by atoms with van der Waals surface area (Å²) in [4.78, 5) is 12.4. The van der Waals surface area contributed by atoms with Gasteiger partial charge in [0.15, 0.2) is 5.78 Å². The second-order valence-electron chi connectivity index (χ2n) is 2.96. The van der Waals surface area contributed by atoms with E-state index in [0.29, 0.717) is 12.2 Å². The van der Waals surface area contributed by atoms with E-state index in [1.807, 2.05) is 18.4 Å². The van der Waals surface area contributed by atoms with Crippen LogP contribution in [0.3, 0.4) is 0 Å². The first-order valence-electron chi connectivity index (χ1n) is 4.33. The van der Waals surface area contributed by atoms with Gasteiger partial charge in [0.2, 0.25) is 0 Å². The number of Topliss-reactive ketones (excluding diaryl/α,β-unsaturated/α-hetero) is 1. The van der Waals surface area contributed by atoms with E-state index in [4.69, 9.17) is 0 Å². The summed E-state index contributed by atoms with van der Waals surface area (Å²) in [6.07, 6.45) is 2.81. The van der Waals surface area contributed by atoms with Crippen molar-refractivity contribution >= 4 is 17.1 Å². The van der Waals surface area contributed by atoms with Crippen molar-refractivity contribution in [3.05, 3.63) is 21.9 Å². The van der Waals surface area contributed by atoms with E-state index < -0.39 is 0 Å². The van der Waals surface area contributed by atoms with Crippen molar-refractivity contribution in [1.29, 1.82) is 0 Å². The van der Waals surface area contributed by atoms with E-state index in [9.17, 15) is 4.79 Å². The largest absolute Gasteiger partial charge is 0.293 e. The Balaban J connectivity index is 2.59. The Labute approximate surface area is 77.4 Å². The van der Waals surface area contributed by atoms with Crippen molar-refractivity contribution in [3.63, 3.8) is 0 Å². The summed E-state index contributed by atoms with van der Waals surface area (Å²) < 4.78 is 0. The van der Waals surface area contributed by atoms with Crippen LogP contribution in [0.15, 0.2) is 11.4 Å². The summed E-state index contributed by atoms with van der Waals surface area (Å²) in [5.41, 5.74) is 1.13. The topological polar surface area (TPSA) is 17.1 Å². The van der Waals surface area contributed by atoms with Crippen LogP contribution in [-0.2, 0) is 0 Å². The maximum atomic E-state index is 11.5. The second-order valence-corrected chi connectivity index (χ2v) is 3.88. The standard InChI is InChI=1S/C10H14OS/c1-3-4-5-9(11)10-8(2)6-7-12-10/h6-7H,3-5H2,1-2H3. The number of unbranched alkanes of at least 4 members (excludes halogenated alkanes) is 1. The van der Waals surface area contributed by atoms with Gasteiger partial charge in [0, 0.05) is 6.42 Å². The van der Waals surface area contributed by atoms with Crippen LogP contribution in [0.4, 0.5) is 0 Å². The van der Waals surface area contributed by atoms with Crippen molar-refractivity contribution in [2.75, 3.05) is 0 Å². The van der Waals surface area contributed by atoms with Gasteiger partial charge in [0.25, 0.3) is 0 Å². The van der Waals surface area contributed by atoms with Crippen LogP contribution in [0.2, 0.25) is 0 Å². The Morgan fingerprint density at radius 1 is 1.58 bits per heavy atom.